The highest BCUT2D eigenvalue weighted by atomic mass is 16.1. The predicted molar refractivity (Wildman–Crippen MR) is 70.8 cm³/mol. The van der Waals surface area contributed by atoms with Crippen molar-refractivity contribution in [3.63, 3.8) is 0 Å². The monoisotopic (exact) mass is 243 g/mol. The van der Waals surface area contributed by atoms with Crippen LogP contribution in [0.3, 0.4) is 0 Å². The maximum Gasteiger partial charge on any atom is 0.183 e. The Morgan fingerprint density at radius 1 is 1.28 bits per heavy atom. The van der Waals surface area contributed by atoms with Crippen molar-refractivity contribution in [1.82, 2.24) is 9.78 Å². The summed E-state index contributed by atoms with van der Waals surface area (Å²) in [4.78, 5) is 12.2. The fraction of sp³-hybridized carbons (Fsp3) is 0.286. The van der Waals surface area contributed by atoms with E-state index in [4.69, 9.17) is 5.73 Å². The van der Waals surface area contributed by atoms with Crippen LogP contribution in [-0.4, -0.2) is 21.1 Å². The lowest BCUT2D eigenvalue weighted by Crippen LogP contribution is -2.35. The third-order valence-corrected chi connectivity index (χ3v) is 2.55. The summed E-state index contributed by atoms with van der Waals surface area (Å²) >= 11 is 0. The zero-order valence-corrected chi connectivity index (χ0v) is 10.6. The minimum absolute atomic E-state index is 0.00357. The number of ketones is 1. The summed E-state index contributed by atoms with van der Waals surface area (Å²) in [6, 6.07) is 11.3. The smallest absolute Gasteiger partial charge is 0.183 e. The highest BCUT2D eigenvalue weighted by Crippen LogP contribution is 2.15. The van der Waals surface area contributed by atoms with Crippen molar-refractivity contribution in [2.75, 3.05) is 0 Å². The Morgan fingerprint density at radius 3 is 2.56 bits per heavy atom. The van der Waals surface area contributed by atoms with Gasteiger partial charge in [-0.15, -0.1) is 0 Å². The molecule has 0 bridgehead atoms. The molecule has 0 saturated carbocycles. The van der Waals surface area contributed by atoms with Crippen LogP contribution in [0.25, 0.3) is 5.69 Å². The molecule has 0 saturated heterocycles. The zero-order chi connectivity index (χ0) is 13.2. The van der Waals surface area contributed by atoms with Gasteiger partial charge in [0.05, 0.1) is 11.9 Å². The van der Waals surface area contributed by atoms with Gasteiger partial charge < -0.3 is 5.73 Å². The Bertz CT molecular complexity index is 538. The lowest BCUT2D eigenvalue weighted by atomic mass is 9.98. The maximum atomic E-state index is 12.2. The first kappa shape index (κ1) is 12.5. The maximum absolute atomic E-state index is 12.2. The minimum atomic E-state index is -0.511. The molecule has 4 nitrogen and oxygen atoms in total. The number of benzene rings is 1. The van der Waals surface area contributed by atoms with Gasteiger partial charge in [0.15, 0.2) is 5.78 Å². The van der Waals surface area contributed by atoms with Crippen LogP contribution in [-0.2, 0) is 0 Å². The minimum Gasteiger partial charge on any atom is -0.325 e. The van der Waals surface area contributed by atoms with Gasteiger partial charge in [0.2, 0.25) is 0 Å². The van der Waals surface area contributed by atoms with Gasteiger partial charge in [0.1, 0.15) is 5.69 Å². The van der Waals surface area contributed by atoms with Crippen LogP contribution < -0.4 is 5.73 Å². The average Bonchev–Trinajstić information content (AvgIpc) is 2.76. The van der Waals surface area contributed by atoms with Gasteiger partial charge in [-0.2, -0.15) is 5.10 Å². The van der Waals surface area contributed by atoms with Crippen molar-refractivity contribution in [2.45, 2.75) is 25.8 Å². The molecule has 94 valence electrons. The molecule has 0 radical (unpaired) electrons. The van der Waals surface area contributed by atoms with Gasteiger partial charge in [-0.1, -0.05) is 18.2 Å². The molecule has 0 aliphatic heterocycles. The van der Waals surface area contributed by atoms with Crippen molar-refractivity contribution in [1.29, 1.82) is 0 Å². The first-order valence-corrected chi connectivity index (χ1v) is 5.89. The van der Waals surface area contributed by atoms with Gasteiger partial charge in [0.25, 0.3) is 0 Å². The molecule has 0 aliphatic carbocycles. The molecule has 1 heterocycles. The third kappa shape index (κ3) is 2.84. The van der Waals surface area contributed by atoms with Crippen molar-refractivity contribution >= 4 is 5.78 Å². The van der Waals surface area contributed by atoms with E-state index in [2.05, 4.69) is 5.10 Å². The topological polar surface area (TPSA) is 60.9 Å². The van der Waals surface area contributed by atoms with E-state index in [0.717, 1.165) is 5.69 Å². The number of para-hydroxylation sites is 1. The lowest BCUT2D eigenvalue weighted by molar-refractivity contribution is 0.0952. The van der Waals surface area contributed by atoms with Gasteiger partial charge in [0, 0.05) is 12.0 Å². The Balaban J connectivity index is 2.32. The molecule has 2 N–H and O–H groups in total. The number of hydrogen-bond donors (Lipinski definition) is 1. The summed E-state index contributed by atoms with van der Waals surface area (Å²) in [5.41, 5.74) is 6.81. The molecule has 18 heavy (non-hydrogen) atoms. The molecule has 2 aromatic rings. The summed E-state index contributed by atoms with van der Waals surface area (Å²) in [5, 5.41) is 4.19. The lowest BCUT2D eigenvalue weighted by Gasteiger charge is -2.17. The third-order valence-electron chi connectivity index (χ3n) is 2.55. The SMILES string of the molecule is CC(C)(N)CC(=O)c1ccnn1-c1ccccc1. The van der Waals surface area contributed by atoms with Crippen LogP contribution in [0.2, 0.25) is 0 Å². The van der Waals surface area contributed by atoms with E-state index in [1.807, 2.05) is 44.2 Å². The summed E-state index contributed by atoms with van der Waals surface area (Å²) in [6.07, 6.45) is 1.93. The molecular formula is C14H17N3O. The quantitative estimate of drug-likeness (QED) is 0.837. The number of aromatic nitrogens is 2. The Kier molecular flexibility index (Phi) is 3.30. The van der Waals surface area contributed by atoms with Crippen LogP contribution in [0.5, 0.6) is 0 Å². The summed E-state index contributed by atoms with van der Waals surface area (Å²) in [6.45, 7) is 3.68. The molecule has 0 atom stereocenters. The number of carbonyl (C=O) groups is 1. The standard InChI is InChI=1S/C14H17N3O/c1-14(2,15)10-13(18)12-8-9-16-17(12)11-6-4-3-5-7-11/h3-9H,10,15H2,1-2H3. The molecular weight excluding hydrogens is 226 g/mol. The fourth-order valence-electron chi connectivity index (χ4n) is 1.79. The highest BCUT2D eigenvalue weighted by Gasteiger charge is 2.20. The number of Topliss-reactive ketones (excluding diaryl/α,β-unsaturated/α-hetero) is 1. The van der Waals surface area contributed by atoms with Gasteiger partial charge in [-0.3, -0.25) is 4.79 Å². The van der Waals surface area contributed by atoms with E-state index in [1.165, 1.54) is 0 Å². The second-order valence-electron chi connectivity index (χ2n) is 5.05. The number of rotatable bonds is 4. The molecule has 0 fully saturated rings. The summed E-state index contributed by atoms with van der Waals surface area (Å²) in [5.74, 6) is 0.00357. The zero-order valence-electron chi connectivity index (χ0n) is 10.6. The second kappa shape index (κ2) is 4.74. The molecule has 4 heteroatoms. The van der Waals surface area contributed by atoms with Crippen LogP contribution in [0.4, 0.5) is 0 Å². The summed E-state index contributed by atoms with van der Waals surface area (Å²) in [7, 11) is 0. The Labute approximate surface area is 106 Å². The Hall–Kier alpha value is -1.94. The van der Waals surface area contributed by atoms with Gasteiger partial charge >= 0.3 is 0 Å². The van der Waals surface area contributed by atoms with E-state index < -0.39 is 5.54 Å². The molecule has 0 aliphatic rings. The van der Waals surface area contributed by atoms with Crippen LogP contribution in [0.1, 0.15) is 30.8 Å². The first-order chi connectivity index (χ1) is 8.47. The molecule has 0 amide bonds. The first-order valence-electron chi connectivity index (χ1n) is 5.89. The van der Waals surface area contributed by atoms with E-state index in [0.29, 0.717) is 12.1 Å². The van der Waals surface area contributed by atoms with Crippen LogP contribution in [0, 0.1) is 0 Å². The van der Waals surface area contributed by atoms with Crippen LogP contribution >= 0.6 is 0 Å². The molecule has 1 aromatic heterocycles. The summed E-state index contributed by atoms with van der Waals surface area (Å²) < 4.78 is 1.65. The van der Waals surface area contributed by atoms with Crippen molar-refractivity contribution in [3.8, 4) is 5.69 Å². The van der Waals surface area contributed by atoms with Gasteiger partial charge in [-0.25, -0.2) is 4.68 Å². The van der Waals surface area contributed by atoms with Crippen LogP contribution in [0.15, 0.2) is 42.6 Å². The van der Waals surface area contributed by atoms with E-state index in [9.17, 15) is 4.79 Å². The predicted octanol–water partition coefficient (Wildman–Crippen LogP) is 2.18. The number of nitrogens with two attached hydrogens (primary N) is 1. The fourth-order valence-corrected chi connectivity index (χ4v) is 1.79. The van der Waals surface area contributed by atoms with Crippen molar-refractivity contribution < 1.29 is 4.79 Å². The highest BCUT2D eigenvalue weighted by molar-refractivity contribution is 5.95. The normalized spacial score (nSPS) is 11.5. The van der Waals surface area contributed by atoms with E-state index >= 15 is 0 Å². The van der Waals surface area contributed by atoms with E-state index in [-0.39, 0.29) is 5.78 Å². The van der Waals surface area contributed by atoms with Gasteiger partial charge in [-0.05, 0) is 32.0 Å². The Morgan fingerprint density at radius 2 is 1.94 bits per heavy atom. The second-order valence-corrected chi connectivity index (χ2v) is 5.05. The van der Waals surface area contributed by atoms with Crippen molar-refractivity contribution in [3.05, 3.63) is 48.3 Å². The molecule has 2 rings (SSSR count). The largest absolute Gasteiger partial charge is 0.325 e. The number of hydrogen-bond acceptors (Lipinski definition) is 3. The average molecular weight is 243 g/mol. The van der Waals surface area contributed by atoms with Crippen molar-refractivity contribution in [2.24, 2.45) is 5.73 Å². The number of carbonyl (C=O) groups excluding carboxylic acids is 1. The molecule has 0 spiro atoms. The number of nitrogens with zero attached hydrogens (tertiary/aromatic N) is 2. The molecule has 1 aromatic carbocycles. The van der Waals surface area contributed by atoms with E-state index in [1.54, 1.807) is 16.9 Å². The molecule has 0 unspecified atom stereocenters.